The van der Waals surface area contributed by atoms with Crippen molar-refractivity contribution in [3.63, 3.8) is 0 Å². The maximum absolute atomic E-state index is 10.7. The molecule has 0 aliphatic rings. The van der Waals surface area contributed by atoms with Gasteiger partial charge >= 0.3 is 5.97 Å². The lowest BCUT2D eigenvalue weighted by Crippen LogP contribution is -2.25. The molecule has 4 heteroatoms. The van der Waals surface area contributed by atoms with Crippen molar-refractivity contribution in [3.8, 4) is 0 Å². The molecular weight excluding hydrogens is 204 g/mol. The first-order chi connectivity index (χ1) is 7.41. The average Bonchev–Trinajstić information content (AvgIpc) is 2.20. The maximum atomic E-state index is 10.7. The standard InChI is InChI=1S/C12H18N2O2/c1-7(2)9-4-5-11(10(13)6-9)14-8(3)12(15)16/h4-8,14H,13H2,1-3H3,(H,15,16). The molecule has 1 aromatic rings. The Balaban J connectivity index is 2.87. The van der Waals surface area contributed by atoms with E-state index in [1.165, 1.54) is 0 Å². The predicted octanol–water partition coefficient (Wildman–Crippen LogP) is 2.28. The number of aliphatic carboxylic acids is 1. The molecule has 0 aliphatic carbocycles. The second-order valence-corrected chi connectivity index (χ2v) is 4.21. The van der Waals surface area contributed by atoms with Gasteiger partial charge in [-0.3, -0.25) is 4.79 Å². The van der Waals surface area contributed by atoms with Gasteiger partial charge in [-0.25, -0.2) is 0 Å². The molecule has 0 fully saturated rings. The topological polar surface area (TPSA) is 75.3 Å². The molecule has 1 atom stereocenters. The smallest absolute Gasteiger partial charge is 0.325 e. The van der Waals surface area contributed by atoms with E-state index in [-0.39, 0.29) is 0 Å². The molecule has 1 aromatic carbocycles. The highest BCUT2D eigenvalue weighted by Gasteiger charge is 2.12. The Morgan fingerprint density at radius 1 is 1.38 bits per heavy atom. The van der Waals surface area contributed by atoms with Crippen LogP contribution in [0.25, 0.3) is 0 Å². The van der Waals surface area contributed by atoms with Gasteiger partial charge in [0.15, 0.2) is 0 Å². The molecule has 0 amide bonds. The Bertz CT molecular complexity index is 389. The quantitative estimate of drug-likeness (QED) is 0.683. The third-order valence-corrected chi connectivity index (χ3v) is 2.48. The van der Waals surface area contributed by atoms with Crippen LogP contribution in [0.2, 0.25) is 0 Å². The van der Waals surface area contributed by atoms with E-state index in [0.29, 0.717) is 17.3 Å². The number of hydrogen-bond acceptors (Lipinski definition) is 3. The minimum atomic E-state index is -0.896. The third-order valence-electron chi connectivity index (χ3n) is 2.48. The van der Waals surface area contributed by atoms with Crippen molar-refractivity contribution in [2.45, 2.75) is 32.7 Å². The third kappa shape index (κ3) is 2.89. The van der Waals surface area contributed by atoms with Crippen molar-refractivity contribution in [2.24, 2.45) is 0 Å². The second-order valence-electron chi connectivity index (χ2n) is 4.21. The van der Waals surface area contributed by atoms with Gasteiger partial charge in [0.2, 0.25) is 0 Å². The van der Waals surface area contributed by atoms with Crippen LogP contribution >= 0.6 is 0 Å². The number of rotatable bonds is 4. The zero-order valence-electron chi connectivity index (χ0n) is 9.82. The molecular formula is C12H18N2O2. The first-order valence-electron chi connectivity index (χ1n) is 5.30. The van der Waals surface area contributed by atoms with E-state index in [1.54, 1.807) is 6.92 Å². The number of anilines is 2. The molecule has 0 saturated heterocycles. The molecule has 0 radical (unpaired) electrons. The molecule has 0 heterocycles. The molecule has 0 aromatic heterocycles. The van der Waals surface area contributed by atoms with E-state index in [4.69, 9.17) is 10.8 Å². The van der Waals surface area contributed by atoms with Gasteiger partial charge in [-0.1, -0.05) is 19.9 Å². The van der Waals surface area contributed by atoms with Crippen molar-refractivity contribution in [3.05, 3.63) is 23.8 Å². The van der Waals surface area contributed by atoms with Crippen LogP contribution in [-0.2, 0) is 4.79 Å². The average molecular weight is 222 g/mol. The van der Waals surface area contributed by atoms with Crippen LogP contribution < -0.4 is 11.1 Å². The maximum Gasteiger partial charge on any atom is 0.325 e. The lowest BCUT2D eigenvalue weighted by Gasteiger charge is -2.15. The SMILES string of the molecule is CC(Nc1ccc(C(C)C)cc1N)C(=O)O. The molecule has 0 saturated carbocycles. The second kappa shape index (κ2) is 4.88. The van der Waals surface area contributed by atoms with Crippen molar-refractivity contribution >= 4 is 17.3 Å². The summed E-state index contributed by atoms with van der Waals surface area (Å²) in [5.74, 6) is -0.486. The van der Waals surface area contributed by atoms with Crippen LogP contribution in [0.3, 0.4) is 0 Å². The normalized spacial score (nSPS) is 12.5. The van der Waals surface area contributed by atoms with Gasteiger partial charge in [0.1, 0.15) is 6.04 Å². The van der Waals surface area contributed by atoms with Crippen LogP contribution in [-0.4, -0.2) is 17.1 Å². The van der Waals surface area contributed by atoms with Crippen molar-refractivity contribution in [1.82, 2.24) is 0 Å². The summed E-state index contributed by atoms with van der Waals surface area (Å²) in [7, 11) is 0. The zero-order valence-corrected chi connectivity index (χ0v) is 9.82. The largest absolute Gasteiger partial charge is 0.480 e. The van der Waals surface area contributed by atoms with E-state index in [1.807, 2.05) is 18.2 Å². The number of benzene rings is 1. The van der Waals surface area contributed by atoms with Crippen LogP contribution in [0.1, 0.15) is 32.3 Å². The summed E-state index contributed by atoms with van der Waals surface area (Å²) in [5, 5.41) is 11.6. The van der Waals surface area contributed by atoms with Crippen molar-refractivity contribution in [1.29, 1.82) is 0 Å². The van der Waals surface area contributed by atoms with Gasteiger partial charge in [-0.05, 0) is 30.5 Å². The highest BCUT2D eigenvalue weighted by atomic mass is 16.4. The fraction of sp³-hybridized carbons (Fsp3) is 0.417. The summed E-state index contributed by atoms with van der Waals surface area (Å²) in [4.78, 5) is 10.7. The van der Waals surface area contributed by atoms with Gasteiger partial charge in [0, 0.05) is 0 Å². The lowest BCUT2D eigenvalue weighted by atomic mass is 10.0. The van der Waals surface area contributed by atoms with Gasteiger partial charge in [0.25, 0.3) is 0 Å². The van der Waals surface area contributed by atoms with Crippen molar-refractivity contribution in [2.75, 3.05) is 11.1 Å². The summed E-state index contributed by atoms with van der Waals surface area (Å²) in [5.41, 5.74) is 8.25. The lowest BCUT2D eigenvalue weighted by molar-refractivity contribution is -0.137. The Morgan fingerprint density at radius 3 is 2.44 bits per heavy atom. The number of nitrogens with one attached hydrogen (secondary N) is 1. The molecule has 4 nitrogen and oxygen atoms in total. The van der Waals surface area contributed by atoms with Crippen LogP contribution in [0, 0.1) is 0 Å². The highest BCUT2D eigenvalue weighted by molar-refractivity contribution is 5.79. The van der Waals surface area contributed by atoms with E-state index in [9.17, 15) is 4.79 Å². The first-order valence-corrected chi connectivity index (χ1v) is 5.30. The molecule has 0 bridgehead atoms. The van der Waals surface area contributed by atoms with Gasteiger partial charge in [-0.2, -0.15) is 0 Å². The Labute approximate surface area is 95.5 Å². The Morgan fingerprint density at radius 2 is 2.00 bits per heavy atom. The number of carboxylic acids is 1. The fourth-order valence-electron chi connectivity index (χ4n) is 1.37. The number of nitrogen functional groups attached to an aromatic ring is 1. The molecule has 16 heavy (non-hydrogen) atoms. The fourth-order valence-corrected chi connectivity index (χ4v) is 1.37. The summed E-state index contributed by atoms with van der Waals surface area (Å²) in [6, 6.07) is 5.01. The van der Waals surface area contributed by atoms with Gasteiger partial charge in [0.05, 0.1) is 11.4 Å². The molecule has 4 N–H and O–H groups in total. The number of hydrogen-bond donors (Lipinski definition) is 3. The Hall–Kier alpha value is -1.71. The van der Waals surface area contributed by atoms with Crippen LogP contribution in [0.15, 0.2) is 18.2 Å². The molecule has 1 rings (SSSR count). The molecule has 0 spiro atoms. The minimum absolute atomic E-state index is 0.410. The zero-order chi connectivity index (χ0) is 12.3. The summed E-state index contributed by atoms with van der Waals surface area (Å²) < 4.78 is 0. The van der Waals surface area contributed by atoms with Crippen LogP contribution in [0.4, 0.5) is 11.4 Å². The summed E-state index contributed by atoms with van der Waals surface area (Å²) >= 11 is 0. The Kier molecular flexibility index (Phi) is 3.77. The van der Waals surface area contributed by atoms with Gasteiger partial charge < -0.3 is 16.2 Å². The number of carbonyl (C=O) groups is 1. The summed E-state index contributed by atoms with van der Waals surface area (Å²) in [6.45, 7) is 5.75. The van der Waals surface area contributed by atoms with E-state index in [0.717, 1.165) is 5.56 Å². The van der Waals surface area contributed by atoms with E-state index >= 15 is 0 Å². The van der Waals surface area contributed by atoms with Crippen molar-refractivity contribution < 1.29 is 9.90 Å². The first kappa shape index (κ1) is 12.4. The number of carboxylic acid groups (broad SMARTS) is 1. The molecule has 0 aliphatic heterocycles. The highest BCUT2D eigenvalue weighted by Crippen LogP contribution is 2.24. The predicted molar refractivity (Wildman–Crippen MR) is 65.7 cm³/mol. The molecule has 1 unspecified atom stereocenters. The van der Waals surface area contributed by atoms with Crippen LogP contribution in [0.5, 0.6) is 0 Å². The summed E-state index contributed by atoms with van der Waals surface area (Å²) in [6.07, 6.45) is 0. The van der Waals surface area contributed by atoms with E-state index < -0.39 is 12.0 Å². The minimum Gasteiger partial charge on any atom is -0.480 e. The monoisotopic (exact) mass is 222 g/mol. The molecule has 88 valence electrons. The number of nitrogens with two attached hydrogens (primary N) is 1. The van der Waals surface area contributed by atoms with Gasteiger partial charge in [-0.15, -0.1) is 0 Å². The van der Waals surface area contributed by atoms with E-state index in [2.05, 4.69) is 19.2 Å².